The summed E-state index contributed by atoms with van der Waals surface area (Å²) in [7, 11) is 0. The Labute approximate surface area is 187 Å². The van der Waals surface area contributed by atoms with Gasteiger partial charge in [-0.2, -0.15) is 0 Å². The van der Waals surface area contributed by atoms with Crippen LogP contribution in [0.25, 0.3) is 0 Å². The van der Waals surface area contributed by atoms with Crippen LogP contribution in [0.15, 0.2) is 42.5 Å². The van der Waals surface area contributed by atoms with E-state index < -0.39 is 11.7 Å². The molecule has 0 spiro atoms. The Balaban J connectivity index is 1.75. The molecule has 0 aliphatic carbocycles. The molecule has 5 heteroatoms. The molecule has 0 heterocycles. The Morgan fingerprint density at radius 3 is 2.31 bits per heavy atom. The summed E-state index contributed by atoms with van der Waals surface area (Å²) >= 11 is 2.50. The largest absolute Gasteiger partial charge is 0.504 e. The van der Waals surface area contributed by atoms with Crippen molar-refractivity contribution in [3.05, 3.63) is 59.2 Å². The van der Waals surface area contributed by atoms with Gasteiger partial charge in [0.15, 0.2) is 11.5 Å². The first-order valence-electron chi connectivity index (χ1n) is 10.4. The summed E-state index contributed by atoms with van der Waals surface area (Å²) in [6, 6.07) is 12.4. The molecule has 4 nitrogen and oxygen atoms in total. The molecule has 2 aromatic rings. The van der Waals surface area contributed by atoms with E-state index >= 15 is 0 Å². The van der Waals surface area contributed by atoms with Gasteiger partial charge in [-0.3, -0.25) is 0 Å². The lowest BCUT2D eigenvalue weighted by atomic mass is 10.0. The van der Waals surface area contributed by atoms with E-state index in [9.17, 15) is 15.0 Å². The van der Waals surface area contributed by atoms with Gasteiger partial charge in [-0.15, -0.1) is 0 Å². The monoisotopic (exact) mass is 510 g/mol. The van der Waals surface area contributed by atoms with Crippen LogP contribution in [0.3, 0.4) is 0 Å². The number of para-hydroxylation sites is 1. The van der Waals surface area contributed by atoms with E-state index in [0.29, 0.717) is 3.92 Å². The molecule has 0 radical (unpaired) electrons. The van der Waals surface area contributed by atoms with E-state index in [0.717, 1.165) is 5.56 Å². The first-order chi connectivity index (χ1) is 14.0. The van der Waals surface area contributed by atoms with Gasteiger partial charge in [0.05, 0.1) is 0 Å². The van der Waals surface area contributed by atoms with E-state index in [1.54, 1.807) is 0 Å². The number of phenolic OH excluding ortho intramolecular Hbond substituents is 2. The fourth-order valence-electron chi connectivity index (χ4n) is 3.19. The molecule has 0 saturated carbocycles. The number of hydrogen-bond donors (Lipinski definition) is 2. The van der Waals surface area contributed by atoms with Crippen LogP contribution in [0.1, 0.15) is 83.7 Å². The van der Waals surface area contributed by atoms with Gasteiger partial charge >= 0.3 is 5.97 Å². The average Bonchev–Trinajstić information content (AvgIpc) is 2.73. The lowest BCUT2D eigenvalue weighted by molar-refractivity contribution is 0.0468. The van der Waals surface area contributed by atoms with Crippen LogP contribution in [-0.4, -0.2) is 16.2 Å². The number of halogens is 1. The fourth-order valence-corrected chi connectivity index (χ4v) is 4.05. The number of carbonyl (C=O) groups is 1. The molecule has 0 aliphatic heterocycles. The third kappa shape index (κ3) is 7.88. The van der Waals surface area contributed by atoms with Crippen LogP contribution in [0, 0.1) is 0 Å². The Morgan fingerprint density at radius 2 is 1.62 bits per heavy atom. The van der Waals surface area contributed by atoms with Gasteiger partial charge in [-0.05, 0) is 29.7 Å². The predicted molar refractivity (Wildman–Crippen MR) is 125 cm³/mol. The molecule has 1 unspecified atom stereocenters. The number of benzene rings is 2. The van der Waals surface area contributed by atoms with Gasteiger partial charge in [0, 0.05) is 3.92 Å². The first-order valence-corrected chi connectivity index (χ1v) is 11.7. The highest BCUT2D eigenvalue weighted by Gasteiger charge is 2.15. The number of ether oxygens (including phenoxy) is 1. The van der Waals surface area contributed by atoms with Crippen LogP contribution in [-0.2, 0) is 11.3 Å². The molecule has 0 aromatic heterocycles. The fraction of sp³-hybridized carbons (Fsp3) is 0.458. The van der Waals surface area contributed by atoms with Crippen molar-refractivity contribution in [3.63, 3.8) is 0 Å². The van der Waals surface area contributed by atoms with Gasteiger partial charge in [0.25, 0.3) is 0 Å². The van der Waals surface area contributed by atoms with Crippen LogP contribution in [0.2, 0.25) is 0 Å². The normalized spacial score (nSPS) is 11.9. The summed E-state index contributed by atoms with van der Waals surface area (Å²) in [4.78, 5) is 12.1. The lowest BCUT2D eigenvalue weighted by Crippen LogP contribution is -2.05. The maximum atomic E-state index is 12.1. The molecule has 1 atom stereocenters. The Bertz CT molecular complexity index is 758. The van der Waals surface area contributed by atoms with E-state index in [-0.39, 0.29) is 17.9 Å². The van der Waals surface area contributed by atoms with Gasteiger partial charge in [0.1, 0.15) is 12.2 Å². The molecule has 0 fully saturated rings. The van der Waals surface area contributed by atoms with E-state index in [1.807, 2.05) is 12.1 Å². The lowest BCUT2D eigenvalue weighted by Gasteiger charge is -2.12. The molecular formula is C24H31IO4. The SMILES string of the molecule is CCCCCCCCCC(I)c1ccc(COC(=O)c2cccc(O)c2O)cc1. The number of hydrogen-bond acceptors (Lipinski definition) is 4. The van der Waals surface area contributed by atoms with Gasteiger partial charge in [-0.1, -0.05) is 105 Å². The van der Waals surface area contributed by atoms with Crippen molar-refractivity contribution in [1.29, 1.82) is 0 Å². The molecule has 2 rings (SSSR count). The molecule has 158 valence electrons. The molecule has 29 heavy (non-hydrogen) atoms. The van der Waals surface area contributed by atoms with E-state index in [2.05, 4.69) is 41.6 Å². The molecule has 0 bridgehead atoms. The maximum Gasteiger partial charge on any atom is 0.342 e. The van der Waals surface area contributed by atoms with Gasteiger partial charge < -0.3 is 14.9 Å². The van der Waals surface area contributed by atoms with E-state index in [1.165, 1.54) is 75.1 Å². The highest BCUT2D eigenvalue weighted by atomic mass is 127. The van der Waals surface area contributed by atoms with E-state index in [4.69, 9.17) is 4.74 Å². The second-order valence-electron chi connectivity index (χ2n) is 7.37. The molecule has 2 aromatic carbocycles. The second-order valence-corrected chi connectivity index (χ2v) is 8.87. The number of alkyl halides is 1. The highest BCUT2D eigenvalue weighted by molar-refractivity contribution is 14.1. The van der Waals surface area contributed by atoms with Crippen LogP contribution in [0.4, 0.5) is 0 Å². The average molecular weight is 510 g/mol. The Hall–Kier alpha value is -1.76. The molecule has 0 aliphatic rings. The number of carbonyl (C=O) groups excluding carboxylic acids is 1. The third-order valence-electron chi connectivity index (χ3n) is 5.01. The van der Waals surface area contributed by atoms with Crippen molar-refractivity contribution in [2.45, 2.75) is 68.8 Å². The predicted octanol–water partition coefficient (Wildman–Crippen LogP) is 7.07. The zero-order valence-electron chi connectivity index (χ0n) is 17.1. The number of unbranched alkanes of at least 4 members (excludes halogenated alkanes) is 6. The summed E-state index contributed by atoms with van der Waals surface area (Å²) in [5.41, 5.74) is 2.14. The third-order valence-corrected chi connectivity index (χ3v) is 6.35. The van der Waals surface area contributed by atoms with Crippen molar-refractivity contribution < 1.29 is 19.7 Å². The number of rotatable bonds is 12. The Morgan fingerprint density at radius 1 is 0.966 bits per heavy atom. The summed E-state index contributed by atoms with van der Waals surface area (Å²) in [5.74, 6) is -1.45. The zero-order chi connectivity index (χ0) is 21.1. The smallest absolute Gasteiger partial charge is 0.342 e. The molecular weight excluding hydrogens is 479 g/mol. The van der Waals surface area contributed by atoms with Crippen molar-refractivity contribution in [1.82, 2.24) is 0 Å². The van der Waals surface area contributed by atoms with Crippen LogP contribution >= 0.6 is 22.6 Å². The summed E-state index contributed by atoms with van der Waals surface area (Å²) < 4.78 is 5.75. The van der Waals surface area contributed by atoms with Gasteiger partial charge in [0.2, 0.25) is 0 Å². The topological polar surface area (TPSA) is 66.8 Å². The van der Waals surface area contributed by atoms with Crippen LogP contribution in [0.5, 0.6) is 11.5 Å². The van der Waals surface area contributed by atoms with Crippen LogP contribution < -0.4 is 0 Å². The molecule has 0 amide bonds. The zero-order valence-corrected chi connectivity index (χ0v) is 19.2. The van der Waals surface area contributed by atoms with Crippen molar-refractivity contribution in [2.24, 2.45) is 0 Å². The maximum absolute atomic E-state index is 12.1. The highest BCUT2D eigenvalue weighted by Crippen LogP contribution is 2.30. The number of aromatic hydroxyl groups is 2. The standard InChI is InChI=1S/C24H31IO4/c1-2-3-4-5-6-7-8-11-21(25)19-15-13-18(14-16-19)17-29-24(28)20-10-9-12-22(26)23(20)27/h9-10,12-16,21,26-27H,2-8,11,17H2,1H3. The Kier molecular flexibility index (Phi) is 10.3. The summed E-state index contributed by atoms with van der Waals surface area (Å²) in [6.45, 7) is 2.37. The van der Waals surface area contributed by atoms with Crippen molar-refractivity contribution in [3.8, 4) is 11.5 Å². The summed E-state index contributed by atoms with van der Waals surface area (Å²) in [6.07, 6.45) is 10.4. The number of esters is 1. The van der Waals surface area contributed by atoms with Crippen molar-refractivity contribution in [2.75, 3.05) is 0 Å². The van der Waals surface area contributed by atoms with Gasteiger partial charge in [-0.25, -0.2) is 4.79 Å². The minimum absolute atomic E-state index is 0.0383. The minimum Gasteiger partial charge on any atom is -0.504 e. The molecule has 0 saturated heterocycles. The van der Waals surface area contributed by atoms with Crippen molar-refractivity contribution >= 4 is 28.6 Å². The molecule has 2 N–H and O–H groups in total. The number of phenols is 2. The quantitative estimate of drug-likeness (QED) is 0.105. The minimum atomic E-state index is -0.659. The second kappa shape index (κ2) is 12.7. The first kappa shape index (κ1) is 23.5. The summed E-state index contributed by atoms with van der Waals surface area (Å²) in [5, 5.41) is 19.2.